The third kappa shape index (κ3) is 3.35. The molecule has 0 saturated carbocycles. The smallest absolute Gasteiger partial charge is 0.237 e. The van der Waals surface area contributed by atoms with Gasteiger partial charge in [0.05, 0.1) is 18.3 Å². The van der Waals surface area contributed by atoms with Crippen LogP contribution in [-0.4, -0.2) is 26.1 Å². The van der Waals surface area contributed by atoms with Gasteiger partial charge in [0.1, 0.15) is 5.75 Å². The van der Waals surface area contributed by atoms with Gasteiger partial charge in [0.25, 0.3) is 0 Å². The number of aryl methyl sites for hydroxylation is 1. The monoisotopic (exact) mass is 335 g/mol. The quantitative estimate of drug-likeness (QED) is 0.764. The lowest BCUT2D eigenvalue weighted by Gasteiger charge is -2.21. The van der Waals surface area contributed by atoms with Gasteiger partial charge in [0.15, 0.2) is 0 Å². The molecule has 7 nitrogen and oxygen atoms in total. The van der Waals surface area contributed by atoms with Crippen LogP contribution in [0.4, 0.5) is 5.69 Å². The molecule has 0 unspecified atom stereocenters. The lowest BCUT2D eigenvalue weighted by Crippen LogP contribution is -2.24. The molecule has 7 heteroatoms. The number of nitrogens with one attached hydrogen (secondary N) is 2. The maximum atomic E-state index is 12.6. The van der Waals surface area contributed by atoms with Gasteiger partial charge in [-0.25, -0.2) is 4.98 Å². The fraction of sp³-hybridized carbons (Fsp3) is 0.222. The number of hydrogen-bond donors (Lipinski definition) is 2. The van der Waals surface area contributed by atoms with E-state index in [4.69, 9.17) is 4.74 Å². The Balaban J connectivity index is 1.42. The maximum absolute atomic E-state index is 12.6. The highest BCUT2D eigenvalue weighted by atomic mass is 16.5. The summed E-state index contributed by atoms with van der Waals surface area (Å²) in [6.07, 6.45) is 9.23. The van der Waals surface area contributed by atoms with Gasteiger partial charge in [-0.1, -0.05) is 0 Å². The SMILES string of the molecule is O=C(Nc1ccc(Oc2cnccn2)cc1)[C@H]1CCCc2[nH]ncc21. The first kappa shape index (κ1) is 15.3. The summed E-state index contributed by atoms with van der Waals surface area (Å²) in [6.45, 7) is 0. The molecule has 1 aliphatic carbocycles. The number of benzene rings is 1. The summed E-state index contributed by atoms with van der Waals surface area (Å²) in [5, 5.41) is 10.0. The fourth-order valence-corrected chi connectivity index (χ4v) is 3.03. The van der Waals surface area contributed by atoms with E-state index in [1.54, 1.807) is 36.9 Å². The van der Waals surface area contributed by atoms with Gasteiger partial charge in [-0.05, 0) is 43.5 Å². The largest absolute Gasteiger partial charge is 0.438 e. The minimum absolute atomic E-state index is 0.00931. The standard InChI is InChI=1S/C18H17N5O2/c24-18(14-2-1-3-16-15(14)10-21-23-16)22-12-4-6-13(7-5-12)25-17-11-19-8-9-20-17/h4-11,14H,1-3H2,(H,21,23)(H,22,24)/t14-/m0/s1. The van der Waals surface area contributed by atoms with Crippen molar-refractivity contribution in [1.29, 1.82) is 0 Å². The molecule has 1 amide bonds. The molecule has 2 N–H and O–H groups in total. The maximum Gasteiger partial charge on any atom is 0.237 e. The molecular formula is C18H17N5O2. The van der Waals surface area contributed by atoms with Crippen molar-refractivity contribution in [3.8, 4) is 11.6 Å². The van der Waals surface area contributed by atoms with E-state index in [-0.39, 0.29) is 11.8 Å². The fourth-order valence-electron chi connectivity index (χ4n) is 3.03. The van der Waals surface area contributed by atoms with Gasteiger partial charge in [-0.15, -0.1) is 0 Å². The van der Waals surface area contributed by atoms with Crippen molar-refractivity contribution in [2.45, 2.75) is 25.2 Å². The van der Waals surface area contributed by atoms with E-state index in [1.165, 1.54) is 0 Å². The zero-order chi connectivity index (χ0) is 17.1. The zero-order valence-corrected chi connectivity index (χ0v) is 13.5. The molecule has 4 rings (SSSR count). The Morgan fingerprint density at radius 2 is 2.08 bits per heavy atom. The topological polar surface area (TPSA) is 92.8 Å². The van der Waals surface area contributed by atoms with Crippen LogP contribution in [0.1, 0.15) is 30.0 Å². The lowest BCUT2D eigenvalue weighted by atomic mass is 9.86. The molecule has 2 aromatic heterocycles. The number of nitrogens with zero attached hydrogens (tertiary/aromatic N) is 3. The number of H-pyrrole nitrogens is 1. The first-order valence-electron chi connectivity index (χ1n) is 8.16. The van der Waals surface area contributed by atoms with E-state index >= 15 is 0 Å². The minimum Gasteiger partial charge on any atom is -0.438 e. The summed E-state index contributed by atoms with van der Waals surface area (Å²) in [4.78, 5) is 20.6. The Morgan fingerprint density at radius 3 is 2.88 bits per heavy atom. The van der Waals surface area contributed by atoms with Crippen LogP contribution < -0.4 is 10.1 Å². The zero-order valence-electron chi connectivity index (χ0n) is 13.5. The van der Waals surface area contributed by atoms with Gasteiger partial charge < -0.3 is 10.1 Å². The number of ether oxygens (including phenoxy) is 1. The summed E-state index contributed by atoms with van der Waals surface area (Å²) in [5.41, 5.74) is 2.80. The molecule has 0 radical (unpaired) electrons. The van der Waals surface area contributed by atoms with Gasteiger partial charge in [0, 0.05) is 29.3 Å². The summed E-state index contributed by atoms with van der Waals surface area (Å²) >= 11 is 0. The second-order valence-electron chi connectivity index (χ2n) is 5.91. The summed E-state index contributed by atoms with van der Waals surface area (Å²) < 4.78 is 5.59. The third-order valence-electron chi connectivity index (χ3n) is 4.25. The lowest BCUT2D eigenvalue weighted by molar-refractivity contribution is -0.117. The number of fused-ring (bicyclic) bond motifs is 1. The van der Waals surface area contributed by atoms with Crippen LogP contribution >= 0.6 is 0 Å². The number of hydrogen-bond acceptors (Lipinski definition) is 5. The number of aromatic nitrogens is 4. The van der Waals surface area contributed by atoms with Crippen molar-refractivity contribution in [3.05, 3.63) is 60.3 Å². The average Bonchev–Trinajstić information content (AvgIpc) is 3.13. The van der Waals surface area contributed by atoms with Gasteiger partial charge in [-0.3, -0.25) is 14.9 Å². The summed E-state index contributed by atoms with van der Waals surface area (Å²) in [6, 6.07) is 7.19. The van der Waals surface area contributed by atoms with Crippen molar-refractivity contribution in [2.24, 2.45) is 0 Å². The Labute approximate surface area is 144 Å². The molecular weight excluding hydrogens is 318 g/mol. The second-order valence-corrected chi connectivity index (χ2v) is 5.91. The first-order chi connectivity index (χ1) is 12.3. The molecule has 0 spiro atoms. The number of anilines is 1. The number of carbonyl (C=O) groups is 1. The predicted octanol–water partition coefficient (Wildman–Crippen LogP) is 3.05. The third-order valence-corrected chi connectivity index (χ3v) is 4.25. The molecule has 0 bridgehead atoms. The van der Waals surface area contributed by atoms with Crippen molar-refractivity contribution in [2.75, 3.05) is 5.32 Å². The van der Waals surface area contributed by atoms with Crippen molar-refractivity contribution < 1.29 is 9.53 Å². The molecule has 3 aromatic rings. The normalized spacial score (nSPS) is 16.1. The Morgan fingerprint density at radius 1 is 1.20 bits per heavy atom. The van der Waals surface area contributed by atoms with E-state index in [9.17, 15) is 4.79 Å². The second kappa shape index (κ2) is 6.72. The van der Waals surface area contributed by atoms with E-state index in [2.05, 4.69) is 25.5 Å². The summed E-state index contributed by atoms with van der Waals surface area (Å²) in [7, 11) is 0. The van der Waals surface area contributed by atoms with Crippen molar-refractivity contribution in [1.82, 2.24) is 20.2 Å². The molecule has 0 saturated heterocycles. The Hall–Kier alpha value is -3.22. The Kier molecular flexibility index (Phi) is 4.12. The molecule has 0 fully saturated rings. The van der Waals surface area contributed by atoms with E-state index in [0.29, 0.717) is 11.6 Å². The molecule has 1 atom stereocenters. The van der Waals surface area contributed by atoms with Crippen LogP contribution in [0.3, 0.4) is 0 Å². The van der Waals surface area contributed by atoms with Crippen LogP contribution in [0.15, 0.2) is 49.1 Å². The summed E-state index contributed by atoms with van der Waals surface area (Å²) in [5.74, 6) is 0.894. The van der Waals surface area contributed by atoms with Crippen LogP contribution in [0.2, 0.25) is 0 Å². The van der Waals surface area contributed by atoms with Crippen LogP contribution in [0.5, 0.6) is 11.6 Å². The predicted molar refractivity (Wildman–Crippen MR) is 91.4 cm³/mol. The van der Waals surface area contributed by atoms with Gasteiger partial charge in [0.2, 0.25) is 11.8 Å². The number of carbonyl (C=O) groups excluding carboxylic acids is 1. The van der Waals surface area contributed by atoms with Crippen molar-refractivity contribution >= 4 is 11.6 Å². The van der Waals surface area contributed by atoms with E-state index < -0.39 is 0 Å². The average molecular weight is 335 g/mol. The first-order valence-corrected chi connectivity index (χ1v) is 8.16. The number of rotatable bonds is 4. The van der Waals surface area contributed by atoms with Crippen molar-refractivity contribution in [3.63, 3.8) is 0 Å². The van der Waals surface area contributed by atoms with Gasteiger partial charge in [-0.2, -0.15) is 5.10 Å². The Bertz CT molecular complexity index is 861. The van der Waals surface area contributed by atoms with E-state index in [0.717, 1.165) is 36.2 Å². The van der Waals surface area contributed by atoms with Crippen LogP contribution in [0, 0.1) is 0 Å². The highest BCUT2D eigenvalue weighted by molar-refractivity contribution is 5.96. The molecule has 1 aliphatic rings. The van der Waals surface area contributed by atoms with Gasteiger partial charge >= 0.3 is 0 Å². The van der Waals surface area contributed by atoms with Crippen LogP contribution in [0.25, 0.3) is 0 Å². The number of amides is 1. The molecule has 1 aromatic carbocycles. The van der Waals surface area contributed by atoms with Crippen LogP contribution in [-0.2, 0) is 11.2 Å². The number of aromatic amines is 1. The molecule has 25 heavy (non-hydrogen) atoms. The van der Waals surface area contributed by atoms with E-state index in [1.807, 2.05) is 12.1 Å². The highest BCUT2D eigenvalue weighted by Crippen LogP contribution is 2.31. The highest BCUT2D eigenvalue weighted by Gasteiger charge is 2.27. The molecule has 2 heterocycles. The molecule has 0 aliphatic heterocycles. The minimum atomic E-state index is -0.155. The molecule has 126 valence electrons.